The van der Waals surface area contributed by atoms with Gasteiger partial charge in [-0.15, -0.1) is 0 Å². The third-order valence-corrected chi connectivity index (χ3v) is 5.14. The number of rotatable bonds is 8. The standard InChI is InChI=1S/C24H21Cl2N5O4/c1-31(2)22(27)14-3-5-15(6-4-14)23(33)30-21-18(11-17(26)12-19(21)35-10-9-32)24(34)29-20-8-7-16(25)13-28-20/h3-9,11-13,27H,10H2,1-2H3,(H,30,33)(H,28,29,34). The lowest BCUT2D eigenvalue weighted by atomic mass is 10.1. The minimum Gasteiger partial charge on any atom is -0.484 e. The lowest BCUT2D eigenvalue weighted by Crippen LogP contribution is -2.22. The first-order chi connectivity index (χ1) is 16.7. The van der Waals surface area contributed by atoms with Crippen LogP contribution in [0.1, 0.15) is 26.3 Å². The van der Waals surface area contributed by atoms with Gasteiger partial charge in [-0.1, -0.05) is 35.3 Å². The smallest absolute Gasteiger partial charge is 0.259 e. The molecule has 0 saturated heterocycles. The third-order valence-electron chi connectivity index (χ3n) is 4.69. The fourth-order valence-electron chi connectivity index (χ4n) is 2.98. The van der Waals surface area contributed by atoms with Gasteiger partial charge in [0.2, 0.25) is 0 Å². The Hall–Kier alpha value is -3.95. The summed E-state index contributed by atoms with van der Waals surface area (Å²) in [6.07, 6.45) is 1.90. The second-order valence-electron chi connectivity index (χ2n) is 7.39. The zero-order valence-corrected chi connectivity index (χ0v) is 20.3. The maximum atomic E-state index is 13.1. The van der Waals surface area contributed by atoms with Crippen molar-refractivity contribution in [2.45, 2.75) is 0 Å². The average molecular weight is 514 g/mol. The molecular weight excluding hydrogens is 493 g/mol. The number of aromatic nitrogens is 1. The van der Waals surface area contributed by atoms with Crippen molar-refractivity contribution in [3.8, 4) is 5.75 Å². The van der Waals surface area contributed by atoms with Crippen LogP contribution < -0.4 is 15.4 Å². The Morgan fingerprint density at radius 2 is 1.69 bits per heavy atom. The van der Waals surface area contributed by atoms with E-state index in [0.717, 1.165) is 0 Å². The number of anilines is 2. The molecule has 0 aliphatic heterocycles. The Morgan fingerprint density at radius 3 is 2.29 bits per heavy atom. The molecule has 0 saturated carbocycles. The molecule has 3 rings (SSSR count). The zero-order valence-electron chi connectivity index (χ0n) is 18.8. The van der Waals surface area contributed by atoms with E-state index in [4.69, 9.17) is 33.3 Å². The number of nitrogens with zero attached hydrogens (tertiary/aromatic N) is 2. The number of pyridine rings is 1. The molecule has 0 fully saturated rings. The fraction of sp³-hybridized carbons (Fsp3) is 0.125. The number of amidine groups is 1. The minimum absolute atomic E-state index is 0.00509. The molecule has 2 aromatic carbocycles. The first-order valence-electron chi connectivity index (χ1n) is 10.2. The van der Waals surface area contributed by atoms with E-state index in [1.54, 1.807) is 49.3 Å². The quantitative estimate of drug-likeness (QED) is 0.233. The highest BCUT2D eigenvalue weighted by atomic mass is 35.5. The maximum Gasteiger partial charge on any atom is 0.259 e. The van der Waals surface area contributed by atoms with Gasteiger partial charge < -0.3 is 20.3 Å². The molecule has 1 heterocycles. The van der Waals surface area contributed by atoms with Crippen LogP contribution in [0.4, 0.5) is 11.5 Å². The summed E-state index contributed by atoms with van der Waals surface area (Å²) in [5.41, 5.74) is 0.929. The molecule has 35 heavy (non-hydrogen) atoms. The zero-order chi connectivity index (χ0) is 25.5. The van der Waals surface area contributed by atoms with E-state index in [1.165, 1.54) is 24.4 Å². The lowest BCUT2D eigenvalue weighted by Gasteiger charge is -2.17. The van der Waals surface area contributed by atoms with Gasteiger partial charge in [0.1, 0.15) is 24.0 Å². The first-order valence-corrected chi connectivity index (χ1v) is 11.0. The van der Waals surface area contributed by atoms with Crippen LogP contribution in [0, 0.1) is 5.41 Å². The molecule has 0 aliphatic rings. The van der Waals surface area contributed by atoms with Crippen molar-refractivity contribution in [2.75, 3.05) is 31.3 Å². The summed E-state index contributed by atoms with van der Waals surface area (Å²) in [6.45, 7) is -0.315. The number of ether oxygens (including phenoxy) is 1. The molecular formula is C24H21Cl2N5O4. The Balaban J connectivity index is 1.94. The third kappa shape index (κ3) is 6.56. The highest BCUT2D eigenvalue weighted by molar-refractivity contribution is 6.32. The van der Waals surface area contributed by atoms with Crippen LogP contribution in [0.3, 0.4) is 0 Å². The molecule has 3 N–H and O–H groups in total. The van der Waals surface area contributed by atoms with Crippen LogP contribution in [0.5, 0.6) is 5.75 Å². The molecule has 0 unspecified atom stereocenters. The van der Waals surface area contributed by atoms with Crippen molar-refractivity contribution < 1.29 is 19.1 Å². The van der Waals surface area contributed by atoms with E-state index in [-0.39, 0.29) is 45.8 Å². The van der Waals surface area contributed by atoms with Gasteiger partial charge in [0, 0.05) is 42.5 Å². The van der Waals surface area contributed by atoms with Crippen LogP contribution in [0.2, 0.25) is 10.0 Å². The topological polar surface area (TPSA) is 124 Å². The monoisotopic (exact) mass is 513 g/mol. The predicted molar refractivity (Wildman–Crippen MR) is 135 cm³/mol. The van der Waals surface area contributed by atoms with Gasteiger partial charge in [0.25, 0.3) is 11.8 Å². The van der Waals surface area contributed by atoms with Crippen molar-refractivity contribution in [3.63, 3.8) is 0 Å². The van der Waals surface area contributed by atoms with E-state index in [2.05, 4.69) is 15.6 Å². The van der Waals surface area contributed by atoms with Crippen LogP contribution in [-0.4, -0.2) is 54.5 Å². The molecule has 0 atom stereocenters. The predicted octanol–water partition coefficient (Wildman–Crippen LogP) is 4.36. The Kier molecular flexibility index (Phi) is 8.40. The molecule has 0 radical (unpaired) electrons. The number of benzene rings is 2. The van der Waals surface area contributed by atoms with Crippen molar-refractivity contribution in [2.24, 2.45) is 0 Å². The summed E-state index contributed by atoms with van der Waals surface area (Å²) in [5, 5.41) is 13.9. The summed E-state index contributed by atoms with van der Waals surface area (Å²) in [7, 11) is 3.49. The maximum absolute atomic E-state index is 13.1. The van der Waals surface area contributed by atoms with Gasteiger partial charge in [0.15, 0.2) is 6.29 Å². The Labute approximate surface area is 211 Å². The molecule has 180 valence electrons. The average Bonchev–Trinajstić information content (AvgIpc) is 2.84. The largest absolute Gasteiger partial charge is 0.484 e. The van der Waals surface area contributed by atoms with E-state index in [0.29, 0.717) is 16.9 Å². The summed E-state index contributed by atoms with van der Waals surface area (Å²) in [4.78, 5) is 42.6. The van der Waals surface area contributed by atoms with Crippen LogP contribution in [-0.2, 0) is 4.79 Å². The fourth-order valence-corrected chi connectivity index (χ4v) is 3.30. The van der Waals surface area contributed by atoms with E-state index >= 15 is 0 Å². The van der Waals surface area contributed by atoms with E-state index < -0.39 is 11.8 Å². The number of halogens is 2. The second kappa shape index (κ2) is 11.5. The molecule has 2 amide bonds. The minimum atomic E-state index is -0.622. The number of hydrogen-bond acceptors (Lipinski definition) is 6. The number of carbonyl (C=O) groups is 3. The van der Waals surface area contributed by atoms with Gasteiger partial charge in [-0.25, -0.2) is 4.98 Å². The number of carbonyl (C=O) groups excluding carboxylic acids is 3. The molecule has 1 aromatic heterocycles. The Morgan fingerprint density at radius 1 is 1.00 bits per heavy atom. The molecule has 11 heteroatoms. The first kappa shape index (κ1) is 25.7. The SMILES string of the molecule is CN(C)C(=N)c1ccc(C(=O)Nc2c(OCC=O)cc(Cl)cc2C(=O)Nc2ccc(Cl)cn2)cc1. The number of aldehydes is 1. The van der Waals surface area contributed by atoms with Crippen molar-refractivity contribution in [3.05, 3.63) is 81.5 Å². The van der Waals surface area contributed by atoms with Gasteiger partial charge in [-0.05, 0) is 30.3 Å². The van der Waals surface area contributed by atoms with E-state index in [9.17, 15) is 14.4 Å². The van der Waals surface area contributed by atoms with Gasteiger partial charge in [0.05, 0.1) is 16.3 Å². The van der Waals surface area contributed by atoms with Gasteiger partial charge in [-0.3, -0.25) is 19.8 Å². The summed E-state index contributed by atoms with van der Waals surface area (Å²) in [5.74, 6) is -0.605. The van der Waals surface area contributed by atoms with Crippen molar-refractivity contribution >= 4 is 58.6 Å². The van der Waals surface area contributed by atoms with Crippen molar-refractivity contribution in [1.82, 2.24) is 9.88 Å². The highest BCUT2D eigenvalue weighted by Gasteiger charge is 2.21. The molecule has 0 aliphatic carbocycles. The van der Waals surface area contributed by atoms with Crippen molar-refractivity contribution in [1.29, 1.82) is 5.41 Å². The highest BCUT2D eigenvalue weighted by Crippen LogP contribution is 2.34. The van der Waals surface area contributed by atoms with E-state index in [1.807, 2.05) is 0 Å². The summed E-state index contributed by atoms with van der Waals surface area (Å²) < 4.78 is 5.42. The number of amides is 2. The summed E-state index contributed by atoms with van der Waals surface area (Å²) in [6, 6.07) is 12.2. The van der Waals surface area contributed by atoms with Crippen LogP contribution in [0.15, 0.2) is 54.7 Å². The second-order valence-corrected chi connectivity index (χ2v) is 8.27. The molecule has 3 aromatic rings. The molecule has 9 nitrogen and oxygen atoms in total. The van der Waals surface area contributed by atoms with Crippen LogP contribution in [0.25, 0.3) is 0 Å². The molecule has 0 spiro atoms. The number of nitrogens with one attached hydrogen (secondary N) is 3. The number of hydrogen-bond donors (Lipinski definition) is 3. The Bertz CT molecular complexity index is 1260. The molecule has 0 bridgehead atoms. The normalized spacial score (nSPS) is 10.3. The van der Waals surface area contributed by atoms with Gasteiger partial charge in [-0.2, -0.15) is 0 Å². The van der Waals surface area contributed by atoms with Gasteiger partial charge >= 0.3 is 0 Å². The lowest BCUT2D eigenvalue weighted by molar-refractivity contribution is -0.109. The van der Waals surface area contributed by atoms with Crippen LogP contribution >= 0.6 is 23.2 Å². The summed E-state index contributed by atoms with van der Waals surface area (Å²) >= 11 is 12.0.